The Hall–Kier alpha value is -1.10. The van der Waals surface area contributed by atoms with E-state index >= 15 is 0 Å². The highest BCUT2D eigenvalue weighted by Gasteiger charge is 2.45. The molecule has 1 aliphatic carbocycles. The van der Waals surface area contributed by atoms with Crippen molar-refractivity contribution in [1.82, 2.24) is 0 Å². The minimum atomic E-state index is -4.67. The Labute approximate surface area is 116 Å². The van der Waals surface area contributed by atoms with Crippen molar-refractivity contribution < 1.29 is 17.6 Å². The van der Waals surface area contributed by atoms with Crippen LogP contribution in [-0.2, 0) is 11.7 Å². The van der Waals surface area contributed by atoms with Crippen molar-refractivity contribution in [3.05, 3.63) is 35.1 Å². The first-order chi connectivity index (χ1) is 9.08. The van der Waals surface area contributed by atoms with E-state index in [9.17, 15) is 17.6 Å². The van der Waals surface area contributed by atoms with Gasteiger partial charge >= 0.3 is 6.18 Å². The second-order valence-electron chi connectivity index (χ2n) is 6.25. The van der Waals surface area contributed by atoms with Crippen LogP contribution in [-0.4, -0.2) is 0 Å². The third-order valence-electron chi connectivity index (χ3n) is 4.62. The highest BCUT2D eigenvalue weighted by atomic mass is 19.4. The summed E-state index contributed by atoms with van der Waals surface area (Å²) in [5.74, 6) is -1.25. The van der Waals surface area contributed by atoms with Gasteiger partial charge in [-0.15, -0.1) is 0 Å². The van der Waals surface area contributed by atoms with E-state index in [-0.39, 0.29) is 5.41 Å². The average Bonchev–Trinajstić information content (AvgIpc) is 2.31. The Bertz CT molecular complexity index is 507. The molecule has 1 atom stereocenters. The quantitative estimate of drug-likeness (QED) is 0.751. The van der Waals surface area contributed by atoms with Crippen LogP contribution in [0.5, 0.6) is 0 Å². The van der Waals surface area contributed by atoms with Crippen molar-refractivity contribution in [2.45, 2.75) is 51.2 Å². The maximum atomic E-state index is 13.7. The molecule has 0 saturated heterocycles. The average molecular weight is 289 g/mol. The summed E-state index contributed by atoms with van der Waals surface area (Å²) < 4.78 is 51.5. The number of nitrogens with two attached hydrogens (primary N) is 1. The van der Waals surface area contributed by atoms with Gasteiger partial charge in [-0.1, -0.05) is 32.8 Å². The highest BCUT2D eigenvalue weighted by Crippen LogP contribution is 2.48. The molecule has 112 valence electrons. The molecule has 0 aromatic heterocycles. The summed E-state index contributed by atoms with van der Waals surface area (Å²) in [5, 5.41) is 0. The van der Waals surface area contributed by atoms with Crippen molar-refractivity contribution in [2.24, 2.45) is 11.1 Å². The second kappa shape index (κ2) is 4.72. The molecule has 0 spiro atoms. The summed E-state index contributed by atoms with van der Waals surface area (Å²) in [5.41, 5.74) is 4.60. The first-order valence-corrected chi connectivity index (χ1v) is 6.74. The Balaban J connectivity index is 2.46. The molecule has 1 aromatic rings. The fraction of sp³-hybridized carbons (Fsp3) is 0.600. The Morgan fingerprint density at radius 1 is 1.10 bits per heavy atom. The molecule has 1 saturated carbocycles. The van der Waals surface area contributed by atoms with Crippen molar-refractivity contribution >= 4 is 0 Å². The van der Waals surface area contributed by atoms with Gasteiger partial charge < -0.3 is 5.73 Å². The lowest BCUT2D eigenvalue weighted by atomic mass is 9.61. The van der Waals surface area contributed by atoms with Crippen molar-refractivity contribution in [1.29, 1.82) is 0 Å². The maximum Gasteiger partial charge on any atom is 0.419 e. The molecular weight excluding hydrogens is 270 g/mol. The fourth-order valence-corrected chi connectivity index (χ4v) is 3.09. The number of benzene rings is 1. The van der Waals surface area contributed by atoms with E-state index in [1.807, 2.05) is 13.8 Å². The number of rotatable bonds is 1. The van der Waals surface area contributed by atoms with Crippen molar-refractivity contribution in [3.8, 4) is 0 Å². The summed E-state index contributed by atoms with van der Waals surface area (Å²) in [6.45, 7) is 3.98. The van der Waals surface area contributed by atoms with Gasteiger partial charge in [0.1, 0.15) is 5.82 Å². The Morgan fingerprint density at radius 3 is 2.20 bits per heavy atom. The van der Waals surface area contributed by atoms with E-state index in [1.165, 1.54) is 6.07 Å². The SMILES string of the molecule is CC1(C)CCCCC1(N)c1ccc(C(F)(F)F)c(F)c1. The number of alkyl halides is 3. The third kappa shape index (κ3) is 2.43. The molecular formula is C15H19F4N. The zero-order chi connectivity index (χ0) is 15.2. The first kappa shape index (κ1) is 15.3. The van der Waals surface area contributed by atoms with Crippen LogP contribution in [0.3, 0.4) is 0 Å². The molecule has 1 fully saturated rings. The van der Waals surface area contributed by atoms with Crippen LogP contribution in [0, 0.1) is 11.2 Å². The molecule has 1 unspecified atom stereocenters. The van der Waals surface area contributed by atoms with E-state index in [4.69, 9.17) is 5.73 Å². The molecule has 20 heavy (non-hydrogen) atoms. The van der Waals surface area contributed by atoms with Crippen LogP contribution < -0.4 is 5.73 Å². The van der Waals surface area contributed by atoms with Gasteiger partial charge in [-0.05, 0) is 36.0 Å². The van der Waals surface area contributed by atoms with Crippen molar-refractivity contribution in [2.75, 3.05) is 0 Å². The third-order valence-corrected chi connectivity index (χ3v) is 4.62. The van der Waals surface area contributed by atoms with E-state index in [0.717, 1.165) is 31.4 Å². The van der Waals surface area contributed by atoms with Gasteiger partial charge in [0.15, 0.2) is 0 Å². The van der Waals surface area contributed by atoms with Gasteiger partial charge in [-0.2, -0.15) is 13.2 Å². The van der Waals surface area contributed by atoms with Gasteiger partial charge in [0, 0.05) is 5.54 Å². The largest absolute Gasteiger partial charge is 0.419 e. The number of hydrogen-bond acceptors (Lipinski definition) is 1. The van der Waals surface area contributed by atoms with Crippen molar-refractivity contribution in [3.63, 3.8) is 0 Å². The molecule has 0 bridgehead atoms. The van der Waals surface area contributed by atoms with Crippen LogP contribution in [0.1, 0.15) is 50.7 Å². The van der Waals surface area contributed by atoms with Gasteiger partial charge in [-0.25, -0.2) is 4.39 Å². The fourth-order valence-electron chi connectivity index (χ4n) is 3.09. The molecule has 0 aliphatic heterocycles. The van der Waals surface area contributed by atoms with E-state index in [0.29, 0.717) is 12.0 Å². The lowest BCUT2D eigenvalue weighted by Gasteiger charge is -2.48. The lowest BCUT2D eigenvalue weighted by Crippen LogP contribution is -2.51. The normalized spacial score (nSPS) is 26.6. The van der Waals surface area contributed by atoms with Crippen LogP contribution in [0.25, 0.3) is 0 Å². The topological polar surface area (TPSA) is 26.0 Å². The maximum absolute atomic E-state index is 13.7. The summed E-state index contributed by atoms with van der Waals surface area (Å²) in [4.78, 5) is 0. The zero-order valence-electron chi connectivity index (χ0n) is 11.6. The molecule has 1 aromatic carbocycles. The van der Waals surface area contributed by atoms with E-state index in [1.54, 1.807) is 0 Å². The summed E-state index contributed by atoms with van der Waals surface area (Å²) in [6, 6.07) is 3.07. The summed E-state index contributed by atoms with van der Waals surface area (Å²) in [6.07, 6.45) is -1.19. The molecule has 1 aliphatic rings. The Kier molecular flexibility index (Phi) is 3.61. The predicted molar refractivity (Wildman–Crippen MR) is 69.5 cm³/mol. The summed E-state index contributed by atoms with van der Waals surface area (Å²) in [7, 11) is 0. The van der Waals surface area contributed by atoms with Gasteiger partial charge in [0.2, 0.25) is 0 Å². The van der Waals surface area contributed by atoms with Crippen LogP contribution in [0.4, 0.5) is 17.6 Å². The summed E-state index contributed by atoms with van der Waals surface area (Å²) >= 11 is 0. The molecule has 0 amide bonds. The smallest absolute Gasteiger partial charge is 0.321 e. The van der Waals surface area contributed by atoms with Gasteiger partial charge in [0.25, 0.3) is 0 Å². The number of hydrogen-bond donors (Lipinski definition) is 1. The monoisotopic (exact) mass is 289 g/mol. The number of halogens is 4. The molecule has 2 rings (SSSR count). The standard InChI is InChI=1S/C15H19F4N/c1-13(2)7-3-4-8-14(13,20)10-5-6-11(12(16)9-10)15(17,18)19/h5-6,9H,3-4,7-8,20H2,1-2H3. The van der Waals surface area contributed by atoms with Crippen LogP contribution in [0.15, 0.2) is 18.2 Å². The van der Waals surface area contributed by atoms with Gasteiger partial charge in [0.05, 0.1) is 5.56 Å². The molecule has 0 radical (unpaired) electrons. The van der Waals surface area contributed by atoms with Crippen LogP contribution in [0.2, 0.25) is 0 Å². The van der Waals surface area contributed by atoms with Gasteiger partial charge in [-0.3, -0.25) is 0 Å². The Morgan fingerprint density at radius 2 is 1.70 bits per heavy atom. The first-order valence-electron chi connectivity index (χ1n) is 6.74. The highest BCUT2D eigenvalue weighted by molar-refractivity contribution is 5.33. The predicted octanol–water partition coefficient (Wildman–Crippen LogP) is 4.60. The molecule has 1 nitrogen and oxygen atoms in total. The minimum absolute atomic E-state index is 0.266. The zero-order valence-corrected chi connectivity index (χ0v) is 11.6. The van der Waals surface area contributed by atoms with E-state index < -0.39 is 23.1 Å². The molecule has 0 heterocycles. The second-order valence-corrected chi connectivity index (χ2v) is 6.25. The van der Waals surface area contributed by atoms with Crippen LogP contribution >= 0.6 is 0 Å². The minimum Gasteiger partial charge on any atom is -0.321 e. The van der Waals surface area contributed by atoms with E-state index in [2.05, 4.69) is 0 Å². The lowest BCUT2D eigenvalue weighted by molar-refractivity contribution is -0.140. The molecule has 2 N–H and O–H groups in total. The molecule has 5 heteroatoms.